The van der Waals surface area contributed by atoms with Crippen LogP contribution < -0.4 is 11.1 Å². The first-order valence-electron chi connectivity index (χ1n) is 5.33. The van der Waals surface area contributed by atoms with Gasteiger partial charge in [-0.25, -0.2) is 4.99 Å². The zero-order valence-corrected chi connectivity index (χ0v) is 9.28. The second kappa shape index (κ2) is 3.04. The van der Waals surface area contributed by atoms with E-state index in [1.54, 1.807) is 6.21 Å². The van der Waals surface area contributed by atoms with Crippen molar-refractivity contribution >= 4 is 17.9 Å². The summed E-state index contributed by atoms with van der Waals surface area (Å²) >= 11 is 0. The average molecular weight is 215 g/mol. The molecule has 0 fully saturated rings. The van der Waals surface area contributed by atoms with Crippen LogP contribution in [0.2, 0.25) is 0 Å². The highest BCUT2D eigenvalue weighted by Gasteiger charge is 2.32. The Kier molecular flexibility index (Phi) is 1.77. The van der Waals surface area contributed by atoms with Crippen LogP contribution in [0.5, 0.6) is 0 Å². The summed E-state index contributed by atoms with van der Waals surface area (Å²) in [5.74, 6) is 0.848. The monoisotopic (exact) mass is 215 g/mol. The molecule has 2 aliphatic heterocycles. The molecule has 16 heavy (non-hydrogen) atoms. The fraction of sp³-hybridized carbons (Fsp3) is 0.364. The lowest BCUT2D eigenvalue weighted by atomic mass is 9.81. The lowest BCUT2D eigenvalue weighted by Gasteiger charge is -2.30. The summed E-state index contributed by atoms with van der Waals surface area (Å²) in [4.78, 5) is 4.28. The highest BCUT2D eigenvalue weighted by Crippen LogP contribution is 2.36. The summed E-state index contributed by atoms with van der Waals surface area (Å²) < 4.78 is 0. The molecule has 2 heterocycles. The van der Waals surface area contributed by atoms with Crippen molar-refractivity contribution in [2.45, 2.75) is 20.3 Å². The molecule has 0 saturated carbocycles. The SMILES string of the molecule is CC1=C2C(=C3C=NN=C3CC2C)NC(N)=N1. The fourth-order valence-electron chi connectivity index (χ4n) is 2.50. The molecule has 1 atom stereocenters. The number of hydrogen-bond donors (Lipinski definition) is 2. The number of nitrogens with one attached hydrogen (secondary N) is 1. The van der Waals surface area contributed by atoms with Gasteiger partial charge in [-0.3, -0.25) is 0 Å². The highest BCUT2D eigenvalue weighted by atomic mass is 15.2. The van der Waals surface area contributed by atoms with Gasteiger partial charge in [-0.2, -0.15) is 10.2 Å². The second-order valence-electron chi connectivity index (χ2n) is 4.31. The van der Waals surface area contributed by atoms with Crippen LogP contribution in [0.4, 0.5) is 0 Å². The van der Waals surface area contributed by atoms with Gasteiger partial charge >= 0.3 is 0 Å². The van der Waals surface area contributed by atoms with Crippen LogP contribution in [0.25, 0.3) is 0 Å². The first-order valence-corrected chi connectivity index (χ1v) is 5.33. The maximum absolute atomic E-state index is 5.75. The van der Waals surface area contributed by atoms with Gasteiger partial charge in [0, 0.05) is 16.8 Å². The Morgan fingerprint density at radius 3 is 3.12 bits per heavy atom. The molecule has 3 aliphatic rings. The lowest BCUT2D eigenvalue weighted by molar-refractivity contribution is 0.683. The number of aliphatic imine (C=N–C) groups is 1. The van der Waals surface area contributed by atoms with Crippen molar-refractivity contribution in [3.05, 3.63) is 22.5 Å². The number of hydrogen-bond acceptors (Lipinski definition) is 5. The van der Waals surface area contributed by atoms with E-state index in [0.29, 0.717) is 11.9 Å². The molecule has 5 nitrogen and oxygen atoms in total. The number of guanidine groups is 1. The third-order valence-corrected chi connectivity index (χ3v) is 3.14. The molecule has 0 bridgehead atoms. The number of rotatable bonds is 0. The highest BCUT2D eigenvalue weighted by molar-refractivity contribution is 6.21. The smallest absolute Gasteiger partial charge is 0.198 e. The summed E-state index contributed by atoms with van der Waals surface area (Å²) in [6.45, 7) is 4.17. The molecule has 0 aromatic carbocycles. The quantitative estimate of drug-likeness (QED) is 0.630. The Morgan fingerprint density at radius 2 is 2.31 bits per heavy atom. The molecule has 3 N–H and O–H groups in total. The Hall–Kier alpha value is -1.91. The van der Waals surface area contributed by atoms with Gasteiger partial charge in [-0.15, -0.1) is 0 Å². The minimum atomic E-state index is 0.406. The van der Waals surface area contributed by atoms with Crippen molar-refractivity contribution in [3.8, 4) is 0 Å². The fourth-order valence-corrected chi connectivity index (χ4v) is 2.50. The van der Waals surface area contributed by atoms with E-state index in [9.17, 15) is 0 Å². The number of nitrogens with two attached hydrogens (primary N) is 1. The minimum absolute atomic E-state index is 0.406. The third-order valence-electron chi connectivity index (χ3n) is 3.14. The summed E-state index contributed by atoms with van der Waals surface area (Å²) in [5, 5.41) is 11.2. The average Bonchev–Trinajstić information content (AvgIpc) is 2.64. The molecule has 82 valence electrons. The van der Waals surface area contributed by atoms with Gasteiger partial charge in [0.1, 0.15) is 0 Å². The van der Waals surface area contributed by atoms with E-state index >= 15 is 0 Å². The molecular weight excluding hydrogens is 202 g/mol. The van der Waals surface area contributed by atoms with Crippen molar-refractivity contribution < 1.29 is 0 Å². The topological polar surface area (TPSA) is 75.1 Å². The van der Waals surface area contributed by atoms with Crippen molar-refractivity contribution in [2.24, 2.45) is 26.8 Å². The molecule has 1 aliphatic carbocycles. The summed E-state index contributed by atoms with van der Waals surface area (Å²) in [5.41, 5.74) is 11.1. The number of allylic oxidation sites excluding steroid dienone is 3. The van der Waals surface area contributed by atoms with Gasteiger partial charge in [0.2, 0.25) is 0 Å². The van der Waals surface area contributed by atoms with Crippen LogP contribution in [0.15, 0.2) is 37.7 Å². The maximum Gasteiger partial charge on any atom is 0.198 e. The molecule has 0 aromatic heterocycles. The molecular formula is C11H13N5. The van der Waals surface area contributed by atoms with E-state index in [1.165, 1.54) is 5.57 Å². The van der Waals surface area contributed by atoms with E-state index in [4.69, 9.17) is 5.73 Å². The van der Waals surface area contributed by atoms with E-state index in [1.807, 2.05) is 6.92 Å². The molecule has 0 saturated heterocycles. The molecule has 0 radical (unpaired) electrons. The standard InChI is InChI=1S/C11H13N5/c1-5-3-8-7(4-13-16-8)10-9(5)6(2)14-11(12)15-10/h4-5H,3H2,1-2H3,(H3,12,14,15). The minimum Gasteiger partial charge on any atom is -0.369 e. The summed E-state index contributed by atoms with van der Waals surface area (Å²) in [6, 6.07) is 0. The molecule has 0 aromatic rings. The predicted octanol–water partition coefficient (Wildman–Crippen LogP) is 0.913. The van der Waals surface area contributed by atoms with E-state index < -0.39 is 0 Å². The Morgan fingerprint density at radius 1 is 1.50 bits per heavy atom. The lowest BCUT2D eigenvalue weighted by Crippen LogP contribution is -2.39. The van der Waals surface area contributed by atoms with Gasteiger partial charge in [0.25, 0.3) is 0 Å². The molecule has 0 spiro atoms. The summed E-state index contributed by atoms with van der Waals surface area (Å²) in [6.07, 6.45) is 2.71. The van der Waals surface area contributed by atoms with E-state index in [2.05, 4.69) is 27.4 Å². The largest absolute Gasteiger partial charge is 0.369 e. The van der Waals surface area contributed by atoms with Crippen LogP contribution >= 0.6 is 0 Å². The maximum atomic E-state index is 5.75. The normalized spacial score (nSPS) is 27.2. The zero-order valence-electron chi connectivity index (χ0n) is 9.28. The molecule has 1 unspecified atom stereocenters. The van der Waals surface area contributed by atoms with Crippen LogP contribution in [-0.2, 0) is 0 Å². The van der Waals surface area contributed by atoms with Crippen LogP contribution in [0.3, 0.4) is 0 Å². The molecule has 3 rings (SSSR count). The van der Waals surface area contributed by atoms with Gasteiger partial charge in [0.05, 0.1) is 17.6 Å². The Balaban J connectivity index is 2.24. The molecule has 0 amide bonds. The third kappa shape index (κ3) is 1.14. The van der Waals surface area contributed by atoms with Gasteiger partial charge in [0.15, 0.2) is 5.96 Å². The first-order chi connectivity index (χ1) is 7.66. The predicted molar refractivity (Wildman–Crippen MR) is 64.2 cm³/mol. The number of fused-ring (bicyclic) bond motifs is 2. The first kappa shape index (κ1) is 9.33. The molecule has 5 heteroatoms. The van der Waals surface area contributed by atoms with Crippen LogP contribution in [-0.4, -0.2) is 17.9 Å². The van der Waals surface area contributed by atoms with Crippen molar-refractivity contribution in [1.82, 2.24) is 5.32 Å². The zero-order chi connectivity index (χ0) is 11.3. The van der Waals surface area contributed by atoms with E-state index in [0.717, 1.165) is 29.1 Å². The van der Waals surface area contributed by atoms with Gasteiger partial charge < -0.3 is 11.1 Å². The van der Waals surface area contributed by atoms with Crippen molar-refractivity contribution in [3.63, 3.8) is 0 Å². The van der Waals surface area contributed by atoms with Crippen LogP contribution in [0.1, 0.15) is 20.3 Å². The van der Waals surface area contributed by atoms with Crippen molar-refractivity contribution in [2.75, 3.05) is 0 Å². The summed E-state index contributed by atoms with van der Waals surface area (Å²) in [7, 11) is 0. The Bertz CT molecular complexity index is 518. The van der Waals surface area contributed by atoms with Gasteiger partial charge in [-0.1, -0.05) is 6.92 Å². The second-order valence-corrected chi connectivity index (χ2v) is 4.31. The van der Waals surface area contributed by atoms with Crippen molar-refractivity contribution in [1.29, 1.82) is 0 Å². The Labute approximate surface area is 93.5 Å². The van der Waals surface area contributed by atoms with Crippen LogP contribution in [0, 0.1) is 5.92 Å². The number of nitrogens with zero attached hydrogens (tertiary/aromatic N) is 3. The van der Waals surface area contributed by atoms with E-state index in [-0.39, 0.29) is 0 Å². The van der Waals surface area contributed by atoms with Gasteiger partial charge in [-0.05, 0) is 19.3 Å².